The summed E-state index contributed by atoms with van der Waals surface area (Å²) in [4.78, 5) is 19.1. The lowest BCUT2D eigenvalue weighted by Gasteiger charge is -2.21. The van der Waals surface area contributed by atoms with Crippen LogP contribution in [0.5, 0.6) is 0 Å². The number of ether oxygens (including phenoxy) is 1. The van der Waals surface area contributed by atoms with Crippen molar-refractivity contribution >= 4 is 57.5 Å². The van der Waals surface area contributed by atoms with E-state index >= 15 is 0 Å². The van der Waals surface area contributed by atoms with Crippen LogP contribution in [0.4, 0.5) is 5.69 Å². The molecule has 1 fully saturated rings. The minimum Gasteiger partial charge on any atom is -0.384 e. The van der Waals surface area contributed by atoms with Gasteiger partial charge in [-0.3, -0.25) is 9.79 Å². The SMILES string of the molecule is CCNC(=NCCC(=O)Nc1cc(Br)ccc1C)N1CCC(COC)C1.I. The van der Waals surface area contributed by atoms with Gasteiger partial charge in [0.2, 0.25) is 5.91 Å². The van der Waals surface area contributed by atoms with Crippen LogP contribution < -0.4 is 10.6 Å². The largest absolute Gasteiger partial charge is 0.384 e. The van der Waals surface area contributed by atoms with Crippen molar-refractivity contribution in [2.24, 2.45) is 10.9 Å². The van der Waals surface area contributed by atoms with Gasteiger partial charge in [0.15, 0.2) is 5.96 Å². The first-order valence-corrected chi connectivity index (χ1v) is 9.91. The summed E-state index contributed by atoms with van der Waals surface area (Å²) < 4.78 is 6.21. The maximum absolute atomic E-state index is 12.2. The minimum absolute atomic E-state index is 0. The van der Waals surface area contributed by atoms with Crippen molar-refractivity contribution in [2.45, 2.75) is 26.7 Å². The average molecular weight is 553 g/mol. The quantitative estimate of drug-likeness (QED) is 0.308. The molecule has 0 bridgehead atoms. The van der Waals surface area contributed by atoms with E-state index in [1.807, 2.05) is 25.1 Å². The van der Waals surface area contributed by atoms with Crippen LogP contribution in [0.1, 0.15) is 25.3 Å². The number of nitrogens with zero attached hydrogens (tertiary/aromatic N) is 2. The van der Waals surface area contributed by atoms with Gasteiger partial charge in [-0.05, 0) is 38.0 Å². The van der Waals surface area contributed by atoms with E-state index in [-0.39, 0.29) is 29.9 Å². The predicted molar refractivity (Wildman–Crippen MR) is 125 cm³/mol. The van der Waals surface area contributed by atoms with Crippen LogP contribution in [0, 0.1) is 12.8 Å². The maximum Gasteiger partial charge on any atom is 0.226 e. The Morgan fingerprint density at radius 3 is 2.93 bits per heavy atom. The van der Waals surface area contributed by atoms with Gasteiger partial charge in [-0.25, -0.2) is 0 Å². The summed E-state index contributed by atoms with van der Waals surface area (Å²) in [7, 11) is 1.74. The third-order valence-electron chi connectivity index (χ3n) is 4.40. The number of likely N-dealkylation sites (tertiary alicyclic amines) is 1. The van der Waals surface area contributed by atoms with Gasteiger partial charge in [0.1, 0.15) is 0 Å². The zero-order chi connectivity index (χ0) is 18.9. The molecule has 1 aromatic carbocycles. The topological polar surface area (TPSA) is 66.0 Å². The Bertz CT molecular complexity index is 642. The van der Waals surface area contributed by atoms with E-state index in [1.165, 1.54) is 0 Å². The summed E-state index contributed by atoms with van der Waals surface area (Å²) in [5.74, 6) is 1.41. The van der Waals surface area contributed by atoms with Crippen molar-refractivity contribution in [1.82, 2.24) is 10.2 Å². The smallest absolute Gasteiger partial charge is 0.226 e. The number of hydrogen-bond acceptors (Lipinski definition) is 3. The molecule has 0 saturated carbocycles. The number of anilines is 1. The fourth-order valence-corrected chi connectivity index (χ4v) is 3.39. The van der Waals surface area contributed by atoms with E-state index in [9.17, 15) is 4.79 Å². The summed E-state index contributed by atoms with van der Waals surface area (Å²) >= 11 is 3.43. The number of methoxy groups -OCH3 is 1. The lowest BCUT2D eigenvalue weighted by molar-refractivity contribution is -0.116. The number of halogens is 2. The number of nitrogens with one attached hydrogen (secondary N) is 2. The van der Waals surface area contributed by atoms with Crippen LogP contribution in [-0.2, 0) is 9.53 Å². The molecule has 1 heterocycles. The molecule has 6 nitrogen and oxygen atoms in total. The predicted octanol–water partition coefficient (Wildman–Crippen LogP) is 3.64. The van der Waals surface area contributed by atoms with Crippen LogP contribution in [-0.4, -0.2) is 56.7 Å². The molecule has 1 saturated heterocycles. The van der Waals surface area contributed by atoms with Crippen molar-refractivity contribution in [3.8, 4) is 0 Å². The van der Waals surface area contributed by atoms with Crippen LogP contribution >= 0.6 is 39.9 Å². The highest BCUT2D eigenvalue weighted by molar-refractivity contribution is 14.0. The minimum atomic E-state index is -0.0236. The summed E-state index contributed by atoms with van der Waals surface area (Å²) in [6.07, 6.45) is 1.47. The number of rotatable bonds is 7. The molecule has 0 aromatic heterocycles. The van der Waals surface area contributed by atoms with Gasteiger partial charge in [-0.15, -0.1) is 24.0 Å². The number of carbonyl (C=O) groups excluding carboxylic acids is 1. The molecule has 1 unspecified atom stereocenters. The molecule has 0 aliphatic carbocycles. The molecule has 1 amide bonds. The lowest BCUT2D eigenvalue weighted by atomic mass is 10.1. The maximum atomic E-state index is 12.2. The second-order valence-electron chi connectivity index (χ2n) is 6.55. The monoisotopic (exact) mass is 552 g/mol. The highest BCUT2D eigenvalue weighted by Crippen LogP contribution is 2.21. The molecule has 1 aromatic rings. The Balaban J connectivity index is 0.00000364. The Labute approximate surface area is 187 Å². The summed E-state index contributed by atoms with van der Waals surface area (Å²) in [5, 5.41) is 6.29. The normalized spacial score (nSPS) is 16.8. The Hall–Kier alpha value is -0.870. The number of benzene rings is 1. The highest BCUT2D eigenvalue weighted by Gasteiger charge is 2.24. The summed E-state index contributed by atoms with van der Waals surface area (Å²) in [5.41, 5.74) is 1.88. The van der Waals surface area contributed by atoms with Crippen molar-refractivity contribution in [3.05, 3.63) is 28.2 Å². The van der Waals surface area contributed by atoms with Gasteiger partial charge < -0.3 is 20.3 Å². The first-order valence-electron chi connectivity index (χ1n) is 9.11. The second kappa shape index (κ2) is 12.6. The molecule has 1 aliphatic heterocycles. The van der Waals surface area contributed by atoms with E-state index in [4.69, 9.17) is 4.74 Å². The number of hydrogen-bond donors (Lipinski definition) is 2. The van der Waals surface area contributed by atoms with Crippen LogP contribution in [0.3, 0.4) is 0 Å². The zero-order valence-electron chi connectivity index (χ0n) is 16.3. The van der Waals surface area contributed by atoms with Gasteiger partial charge in [-0.2, -0.15) is 0 Å². The van der Waals surface area contributed by atoms with Gasteiger partial charge in [0.25, 0.3) is 0 Å². The molecule has 152 valence electrons. The van der Waals surface area contributed by atoms with E-state index in [2.05, 4.69) is 43.4 Å². The van der Waals surface area contributed by atoms with Crippen molar-refractivity contribution in [3.63, 3.8) is 0 Å². The first kappa shape index (κ1) is 24.2. The van der Waals surface area contributed by atoms with Gasteiger partial charge in [0, 0.05) is 49.2 Å². The molecule has 1 aliphatic rings. The number of aryl methyl sites for hydroxylation is 1. The third-order valence-corrected chi connectivity index (χ3v) is 4.89. The molecule has 0 radical (unpaired) electrons. The number of aliphatic imine (C=N–C) groups is 1. The van der Waals surface area contributed by atoms with Crippen molar-refractivity contribution in [2.75, 3.05) is 45.2 Å². The number of amides is 1. The van der Waals surface area contributed by atoms with Gasteiger partial charge in [0.05, 0.1) is 13.2 Å². The van der Waals surface area contributed by atoms with E-state index in [0.29, 0.717) is 18.9 Å². The number of carbonyl (C=O) groups is 1. The molecule has 2 rings (SSSR count). The number of guanidine groups is 1. The Kier molecular flexibility index (Phi) is 11.2. The Morgan fingerprint density at radius 1 is 1.44 bits per heavy atom. The molecule has 8 heteroatoms. The van der Waals surface area contributed by atoms with Gasteiger partial charge >= 0.3 is 0 Å². The fraction of sp³-hybridized carbons (Fsp3) is 0.579. The summed E-state index contributed by atoms with van der Waals surface area (Å²) in [6.45, 7) is 8.02. The molecule has 0 spiro atoms. The van der Waals surface area contributed by atoms with Crippen molar-refractivity contribution in [1.29, 1.82) is 0 Å². The lowest BCUT2D eigenvalue weighted by Crippen LogP contribution is -2.40. The first-order chi connectivity index (χ1) is 12.5. The summed E-state index contributed by atoms with van der Waals surface area (Å²) in [6, 6.07) is 5.86. The van der Waals surface area contributed by atoms with Crippen LogP contribution in [0.15, 0.2) is 27.7 Å². The van der Waals surface area contributed by atoms with Crippen LogP contribution in [0.25, 0.3) is 0 Å². The highest BCUT2D eigenvalue weighted by atomic mass is 127. The Morgan fingerprint density at radius 2 is 2.22 bits per heavy atom. The molecule has 1 atom stereocenters. The molecule has 27 heavy (non-hydrogen) atoms. The van der Waals surface area contributed by atoms with E-state index < -0.39 is 0 Å². The fourth-order valence-electron chi connectivity index (χ4n) is 3.03. The molecular weight excluding hydrogens is 523 g/mol. The standard InChI is InChI=1S/C19H29BrN4O2.HI/c1-4-21-19(24-10-8-15(12-24)13-26-3)22-9-7-18(25)23-17-11-16(20)6-5-14(17)2;/h5-6,11,15H,4,7-10,12-13H2,1-3H3,(H,21,22)(H,23,25);1H. The zero-order valence-corrected chi connectivity index (χ0v) is 20.2. The van der Waals surface area contributed by atoms with E-state index in [1.54, 1.807) is 7.11 Å². The van der Waals surface area contributed by atoms with Gasteiger partial charge in [-0.1, -0.05) is 22.0 Å². The van der Waals surface area contributed by atoms with E-state index in [0.717, 1.165) is 54.3 Å². The molecule has 2 N–H and O–H groups in total. The van der Waals surface area contributed by atoms with Crippen LogP contribution in [0.2, 0.25) is 0 Å². The molecular formula is C19H30BrIN4O2. The second-order valence-corrected chi connectivity index (χ2v) is 7.46. The van der Waals surface area contributed by atoms with Crippen molar-refractivity contribution < 1.29 is 9.53 Å². The third kappa shape index (κ3) is 7.95. The average Bonchev–Trinajstić information content (AvgIpc) is 3.06.